The van der Waals surface area contributed by atoms with E-state index < -0.39 is 5.41 Å². The Hall–Kier alpha value is -2.25. The molecule has 1 aromatic carbocycles. The molecule has 0 bridgehead atoms. The van der Waals surface area contributed by atoms with Gasteiger partial charge in [0.2, 0.25) is 5.91 Å². The summed E-state index contributed by atoms with van der Waals surface area (Å²) in [5.41, 5.74) is 0.997. The van der Waals surface area contributed by atoms with Crippen molar-refractivity contribution in [1.29, 1.82) is 0 Å². The number of hydrogen-bond acceptors (Lipinski definition) is 6. The van der Waals surface area contributed by atoms with Gasteiger partial charge in [0.05, 0.1) is 10.4 Å². The SMILES string of the molecule is Cc1nc(-c2nnc(NC(=O)C3(c4ccc(Cl)cc4)CCCC3)o2)cs1. The molecule has 6 nitrogen and oxygen atoms in total. The number of benzene rings is 1. The van der Waals surface area contributed by atoms with Crippen LogP contribution in [0.25, 0.3) is 11.6 Å². The Balaban J connectivity index is 1.58. The predicted octanol–water partition coefficient (Wildman–Crippen LogP) is 4.61. The molecule has 2 heterocycles. The molecule has 1 N–H and O–H groups in total. The third kappa shape index (κ3) is 3.12. The fourth-order valence-corrected chi connectivity index (χ4v) is 4.16. The summed E-state index contributed by atoms with van der Waals surface area (Å²) in [5.74, 6) is 0.179. The van der Waals surface area contributed by atoms with E-state index in [0.717, 1.165) is 36.3 Å². The maximum absolute atomic E-state index is 13.1. The number of nitrogens with zero attached hydrogens (tertiary/aromatic N) is 3. The van der Waals surface area contributed by atoms with Gasteiger partial charge in [-0.25, -0.2) is 4.98 Å². The summed E-state index contributed by atoms with van der Waals surface area (Å²) < 4.78 is 5.58. The Morgan fingerprint density at radius 1 is 1.23 bits per heavy atom. The monoisotopic (exact) mass is 388 g/mol. The van der Waals surface area contributed by atoms with Crippen molar-refractivity contribution < 1.29 is 9.21 Å². The molecule has 8 heteroatoms. The van der Waals surface area contributed by atoms with Crippen molar-refractivity contribution in [1.82, 2.24) is 15.2 Å². The summed E-state index contributed by atoms with van der Waals surface area (Å²) in [6, 6.07) is 7.57. The molecule has 1 aliphatic rings. The quantitative estimate of drug-likeness (QED) is 0.706. The van der Waals surface area contributed by atoms with Crippen molar-refractivity contribution in [2.24, 2.45) is 0 Å². The largest absolute Gasteiger partial charge is 0.401 e. The number of nitrogens with one attached hydrogen (secondary N) is 1. The van der Waals surface area contributed by atoms with E-state index in [2.05, 4.69) is 20.5 Å². The Kier molecular flexibility index (Phi) is 4.50. The fourth-order valence-electron chi connectivity index (χ4n) is 3.45. The molecule has 0 spiro atoms. The van der Waals surface area contributed by atoms with Crippen molar-refractivity contribution in [3.63, 3.8) is 0 Å². The minimum Gasteiger partial charge on any atom is -0.401 e. The zero-order valence-electron chi connectivity index (χ0n) is 14.2. The van der Waals surface area contributed by atoms with Gasteiger partial charge in [0.25, 0.3) is 5.89 Å². The van der Waals surface area contributed by atoms with Crippen molar-refractivity contribution >= 4 is 34.9 Å². The lowest BCUT2D eigenvalue weighted by molar-refractivity contribution is -0.121. The lowest BCUT2D eigenvalue weighted by atomic mass is 9.78. The molecule has 0 radical (unpaired) electrons. The highest BCUT2D eigenvalue weighted by Gasteiger charge is 2.43. The first-order valence-corrected chi connectivity index (χ1v) is 9.66. The first-order chi connectivity index (χ1) is 12.6. The molecule has 2 aromatic heterocycles. The molecule has 1 fully saturated rings. The molecule has 1 aliphatic carbocycles. The molecular weight excluding hydrogens is 372 g/mol. The van der Waals surface area contributed by atoms with Gasteiger partial charge in [0, 0.05) is 10.4 Å². The minimum absolute atomic E-state index is 0.0934. The van der Waals surface area contributed by atoms with Crippen LogP contribution in [0.5, 0.6) is 0 Å². The molecule has 0 unspecified atom stereocenters. The van der Waals surface area contributed by atoms with Gasteiger partial charge in [0.15, 0.2) is 0 Å². The highest BCUT2D eigenvalue weighted by Crippen LogP contribution is 2.42. The minimum atomic E-state index is -0.587. The van der Waals surface area contributed by atoms with E-state index in [0.29, 0.717) is 16.6 Å². The molecule has 0 aliphatic heterocycles. The first kappa shape index (κ1) is 17.2. The van der Waals surface area contributed by atoms with Crippen molar-refractivity contribution in [2.75, 3.05) is 5.32 Å². The summed E-state index contributed by atoms with van der Waals surface area (Å²) in [4.78, 5) is 17.4. The molecule has 1 saturated carbocycles. The predicted molar refractivity (Wildman–Crippen MR) is 100 cm³/mol. The zero-order valence-corrected chi connectivity index (χ0v) is 15.7. The van der Waals surface area contributed by atoms with E-state index in [1.165, 1.54) is 11.3 Å². The van der Waals surface area contributed by atoms with Gasteiger partial charge in [-0.1, -0.05) is 41.7 Å². The van der Waals surface area contributed by atoms with Gasteiger partial charge in [-0.05, 0) is 37.5 Å². The van der Waals surface area contributed by atoms with E-state index in [9.17, 15) is 4.79 Å². The van der Waals surface area contributed by atoms with E-state index >= 15 is 0 Å². The normalized spacial score (nSPS) is 15.9. The van der Waals surface area contributed by atoms with Crippen LogP contribution in [0.1, 0.15) is 36.3 Å². The van der Waals surface area contributed by atoms with E-state index in [-0.39, 0.29) is 11.9 Å². The Morgan fingerprint density at radius 2 is 1.96 bits per heavy atom. The van der Waals surface area contributed by atoms with Crippen LogP contribution in [0.2, 0.25) is 5.02 Å². The number of aromatic nitrogens is 3. The number of aryl methyl sites for hydroxylation is 1. The second kappa shape index (κ2) is 6.81. The van der Waals surface area contributed by atoms with Crippen LogP contribution in [0.3, 0.4) is 0 Å². The summed E-state index contributed by atoms with van der Waals surface area (Å²) in [7, 11) is 0. The number of hydrogen-bond donors (Lipinski definition) is 1. The number of carbonyl (C=O) groups is 1. The number of thiazole rings is 1. The molecule has 3 aromatic rings. The zero-order chi connectivity index (χ0) is 18.1. The average Bonchev–Trinajstić information content (AvgIpc) is 3.36. The summed E-state index contributed by atoms with van der Waals surface area (Å²) in [5, 5.41) is 14.1. The van der Waals surface area contributed by atoms with E-state index in [1.807, 2.05) is 36.6 Å². The van der Waals surface area contributed by atoms with Gasteiger partial charge < -0.3 is 4.42 Å². The van der Waals surface area contributed by atoms with Crippen molar-refractivity contribution in [2.45, 2.75) is 38.0 Å². The lowest BCUT2D eigenvalue weighted by Crippen LogP contribution is -2.38. The molecular formula is C18H17ClN4O2S. The maximum Gasteiger partial charge on any atom is 0.322 e. The van der Waals surface area contributed by atoms with Crippen LogP contribution >= 0.6 is 22.9 Å². The van der Waals surface area contributed by atoms with E-state index in [4.69, 9.17) is 16.0 Å². The van der Waals surface area contributed by atoms with Crippen LogP contribution < -0.4 is 5.32 Å². The van der Waals surface area contributed by atoms with Gasteiger partial charge in [-0.3, -0.25) is 10.1 Å². The number of anilines is 1. The molecule has 0 saturated heterocycles. The van der Waals surface area contributed by atoms with Crippen molar-refractivity contribution in [3.05, 3.63) is 45.2 Å². The third-order valence-electron chi connectivity index (χ3n) is 4.77. The molecule has 1 amide bonds. The summed E-state index contributed by atoms with van der Waals surface area (Å²) >= 11 is 7.50. The number of rotatable bonds is 4. The summed E-state index contributed by atoms with van der Waals surface area (Å²) in [6.07, 6.45) is 3.58. The highest BCUT2D eigenvalue weighted by molar-refractivity contribution is 7.09. The number of carbonyl (C=O) groups excluding carboxylic acids is 1. The first-order valence-electron chi connectivity index (χ1n) is 8.40. The van der Waals surface area contributed by atoms with Crippen LogP contribution in [0.15, 0.2) is 34.1 Å². The van der Waals surface area contributed by atoms with Crippen LogP contribution in [-0.4, -0.2) is 21.1 Å². The summed E-state index contributed by atoms with van der Waals surface area (Å²) in [6.45, 7) is 1.91. The Morgan fingerprint density at radius 3 is 2.62 bits per heavy atom. The van der Waals surface area contributed by atoms with Crippen molar-refractivity contribution in [3.8, 4) is 11.6 Å². The number of halogens is 1. The highest BCUT2D eigenvalue weighted by atomic mass is 35.5. The molecule has 26 heavy (non-hydrogen) atoms. The topological polar surface area (TPSA) is 80.9 Å². The standard InChI is InChI=1S/C18H17ClN4O2S/c1-11-20-14(10-26-11)15-22-23-17(25-15)21-16(24)18(8-2-3-9-18)12-4-6-13(19)7-5-12/h4-7,10H,2-3,8-9H2,1H3,(H,21,23,24). The van der Waals surface area contributed by atoms with E-state index in [1.54, 1.807) is 0 Å². The van der Waals surface area contributed by atoms with Gasteiger partial charge in [-0.15, -0.1) is 16.4 Å². The third-order valence-corrected chi connectivity index (χ3v) is 5.80. The molecule has 4 rings (SSSR count). The van der Waals surface area contributed by atoms with Crippen LogP contribution in [-0.2, 0) is 10.2 Å². The maximum atomic E-state index is 13.1. The smallest absolute Gasteiger partial charge is 0.322 e. The average molecular weight is 389 g/mol. The molecule has 0 atom stereocenters. The second-order valence-electron chi connectivity index (χ2n) is 6.41. The van der Waals surface area contributed by atoms with Gasteiger partial charge >= 0.3 is 6.01 Å². The fraction of sp³-hybridized carbons (Fsp3) is 0.333. The second-order valence-corrected chi connectivity index (χ2v) is 7.91. The van der Waals surface area contributed by atoms with Gasteiger partial charge in [0.1, 0.15) is 5.69 Å². The van der Waals surface area contributed by atoms with Gasteiger partial charge in [-0.2, -0.15) is 0 Å². The van der Waals surface area contributed by atoms with Crippen LogP contribution in [0, 0.1) is 6.92 Å². The lowest BCUT2D eigenvalue weighted by Gasteiger charge is -2.27. The molecule has 134 valence electrons. The Bertz CT molecular complexity index is 929. The Labute approximate surface area is 159 Å². The van der Waals surface area contributed by atoms with Crippen LogP contribution in [0.4, 0.5) is 6.01 Å². The number of amides is 1.